The molecular weight excluding hydrogens is 183 g/mol. The highest BCUT2D eigenvalue weighted by atomic mass is 15.0. The van der Waals surface area contributed by atoms with Crippen LogP contribution in [0.1, 0.15) is 5.69 Å². The number of rotatable bonds is 0. The summed E-state index contributed by atoms with van der Waals surface area (Å²) in [5.74, 6) is 0. The highest BCUT2D eigenvalue weighted by molar-refractivity contribution is 6.33. The minimum atomic E-state index is 1.05. The van der Waals surface area contributed by atoms with Crippen LogP contribution in [0.15, 0.2) is 36.7 Å². The Kier molecular flexibility index (Phi) is 1.63. The van der Waals surface area contributed by atoms with Gasteiger partial charge >= 0.3 is 0 Å². The molecular formula is C12H11BN2. The van der Waals surface area contributed by atoms with Gasteiger partial charge in [-0.3, -0.25) is 0 Å². The summed E-state index contributed by atoms with van der Waals surface area (Å²) < 4.78 is 2.08. The van der Waals surface area contributed by atoms with Crippen LogP contribution >= 0.6 is 0 Å². The van der Waals surface area contributed by atoms with Gasteiger partial charge in [-0.1, -0.05) is 23.7 Å². The first kappa shape index (κ1) is 8.54. The SMILES string of the molecule is Bc1ccc2c(ccn3cc(C)nc23)c1. The minimum absolute atomic E-state index is 1.05. The molecule has 0 saturated heterocycles. The monoisotopic (exact) mass is 194 g/mol. The van der Waals surface area contributed by atoms with Gasteiger partial charge in [-0.15, -0.1) is 0 Å². The molecule has 0 spiro atoms. The lowest BCUT2D eigenvalue weighted by molar-refractivity contribution is 1.20. The summed E-state index contributed by atoms with van der Waals surface area (Å²) in [6.07, 6.45) is 4.12. The molecule has 0 unspecified atom stereocenters. The summed E-state index contributed by atoms with van der Waals surface area (Å²) in [7, 11) is 2.11. The number of hydrogen-bond acceptors (Lipinski definition) is 1. The standard InChI is InChI=1S/C12H11BN2/c1-8-7-15-5-4-9-6-10(13)2-3-11(9)12(15)14-8/h2-7H,13H2,1H3. The van der Waals surface area contributed by atoms with Crippen LogP contribution in [-0.2, 0) is 0 Å². The molecule has 15 heavy (non-hydrogen) atoms. The Morgan fingerprint density at radius 1 is 1.27 bits per heavy atom. The van der Waals surface area contributed by atoms with Crippen molar-refractivity contribution in [3.8, 4) is 0 Å². The maximum absolute atomic E-state index is 4.53. The van der Waals surface area contributed by atoms with Crippen LogP contribution in [-0.4, -0.2) is 17.2 Å². The fourth-order valence-corrected chi connectivity index (χ4v) is 2.01. The van der Waals surface area contributed by atoms with Gasteiger partial charge < -0.3 is 4.40 Å². The van der Waals surface area contributed by atoms with Crippen LogP contribution in [0, 0.1) is 6.92 Å². The zero-order valence-electron chi connectivity index (χ0n) is 8.86. The lowest BCUT2D eigenvalue weighted by Gasteiger charge is -2.01. The van der Waals surface area contributed by atoms with Gasteiger partial charge in [-0.25, -0.2) is 4.98 Å². The average Bonchev–Trinajstić information content (AvgIpc) is 2.58. The second-order valence-corrected chi connectivity index (χ2v) is 4.02. The molecule has 0 aliphatic heterocycles. The zero-order chi connectivity index (χ0) is 10.4. The lowest BCUT2D eigenvalue weighted by Crippen LogP contribution is -2.00. The first-order chi connectivity index (χ1) is 7.24. The van der Waals surface area contributed by atoms with Crippen molar-refractivity contribution in [2.45, 2.75) is 6.92 Å². The predicted molar refractivity (Wildman–Crippen MR) is 65.6 cm³/mol. The molecule has 0 aliphatic carbocycles. The third-order valence-electron chi connectivity index (χ3n) is 2.72. The summed E-state index contributed by atoms with van der Waals surface area (Å²) in [5.41, 5.74) is 3.39. The van der Waals surface area contributed by atoms with Gasteiger partial charge in [0, 0.05) is 17.8 Å². The molecule has 0 saturated carbocycles. The Balaban J connectivity index is 2.53. The van der Waals surface area contributed by atoms with E-state index in [-0.39, 0.29) is 0 Å². The van der Waals surface area contributed by atoms with Crippen molar-refractivity contribution in [2.24, 2.45) is 0 Å². The summed E-state index contributed by atoms with van der Waals surface area (Å²) in [6.45, 7) is 2.02. The Morgan fingerprint density at radius 3 is 3.00 bits per heavy atom. The van der Waals surface area contributed by atoms with Crippen molar-refractivity contribution in [3.05, 3.63) is 42.4 Å². The fraction of sp³-hybridized carbons (Fsp3) is 0.0833. The van der Waals surface area contributed by atoms with E-state index in [1.165, 1.54) is 16.2 Å². The molecule has 2 aromatic heterocycles. The normalized spacial score (nSPS) is 11.3. The number of fused-ring (bicyclic) bond motifs is 3. The first-order valence-electron chi connectivity index (χ1n) is 5.09. The van der Waals surface area contributed by atoms with Crippen LogP contribution in [0.3, 0.4) is 0 Å². The molecule has 0 radical (unpaired) electrons. The van der Waals surface area contributed by atoms with E-state index in [0.29, 0.717) is 0 Å². The second kappa shape index (κ2) is 2.86. The second-order valence-electron chi connectivity index (χ2n) is 4.02. The van der Waals surface area contributed by atoms with Crippen molar-refractivity contribution in [3.63, 3.8) is 0 Å². The third-order valence-corrected chi connectivity index (χ3v) is 2.72. The van der Waals surface area contributed by atoms with Crippen molar-refractivity contribution >= 4 is 29.7 Å². The van der Waals surface area contributed by atoms with Crippen molar-refractivity contribution < 1.29 is 0 Å². The number of aryl methyl sites for hydroxylation is 1. The Labute approximate surface area is 89.0 Å². The third kappa shape index (κ3) is 1.23. The summed E-state index contributed by atoms with van der Waals surface area (Å²) in [6, 6.07) is 8.61. The molecule has 0 atom stereocenters. The molecule has 72 valence electrons. The van der Waals surface area contributed by atoms with Gasteiger partial charge in [-0.2, -0.15) is 0 Å². The molecule has 0 amide bonds. The van der Waals surface area contributed by atoms with E-state index in [2.05, 4.69) is 53.9 Å². The van der Waals surface area contributed by atoms with E-state index < -0.39 is 0 Å². The lowest BCUT2D eigenvalue weighted by atomic mass is 9.94. The molecule has 0 bridgehead atoms. The predicted octanol–water partition coefficient (Wildman–Crippen LogP) is 1.05. The number of imidazole rings is 1. The van der Waals surface area contributed by atoms with Crippen LogP contribution in [0.2, 0.25) is 0 Å². The Bertz CT molecular complexity index is 655. The van der Waals surface area contributed by atoms with E-state index in [9.17, 15) is 0 Å². The van der Waals surface area contributed by atoms with E-state index >= 15 is 0 Å². The van der Waals surface area contributed by atoms with E-state index in [4.69, 9.17) is 0 Å². The van der Waals surface area contributed by atoms with Crippen molar-refractivity contribution in [1.82, 2.24) is 9.38 Å². The Morgan fingerprint density at radius 2 is 2.13 bits per heavy atom. The van der Waals surface area contributed by atoms with E-state index in [1.807, 2.05) is 6.92 Å². The molecule has 0 fully saturated rings. The fourth-order valence-electron chi connectivity index (χ4n) is 2.01. The molecule has 3 aromatic rings. The summed E-state index contributed by atoms with van der Waals surface area (Å²) in [4.78, 5) is 4.53. The van der Waals surface area contributed by atoms with Crippen molar-refractivity contribution in [1.29, 1.82) is 0 Å². The number of pyridine rings is 1. The molecule has 2 nitrogen and oxygen atoms in total. The molecule has 0 N–H and O–H groups in total. The van der Waals surface area contributed by atoms with Crippen LogP contribution in [0.4, 0.5) is 0 Å². The maximum Gasteiger partial charge on any atom is 0.144 e. The topological polar surface area (TPSA) is 17.3 Å². The van der Waals surface area contributed by atoms with Crippen molar-refractivity contribution in [2.75, 3.05) is 0 Å². The van der Waals surface area contributed by atoms with E-state index in [1.54, 1.807) is 0 Å². The molecule has 3 rings (SSSR count). The molecule has 1 aromatic carbocycles. The average molecular weight is 194 g/mol. The number of hydrogen-bond donors (Lipinski definition) is 0. The highest BCUT2D eigenvalue weighted by Crippen LogP contribution is 2.18. The summed E-state index contributed by atoms with van der Waals surface area (Å²) in [5, 5.41) is 2.48. The van der Waals surface area contributed by atoms with Gasteiger partial charge in [0.1, 0.15) is 13.5 Å². The largest absolute Gasteiger partial charge is 0.306 e. The number of benzene rings is 1. The number of nitrogens with zero attached hydrogens (tertiary/aromatic N) is 2. The minimum Gasteiger partial charge on any atom is -0.306 e. The summed E-state index contributed by atoms with van der Waals surface area (Å²) >= 11 is 0. The molecule has 3 heteroatoms. The van der Waals surface area contributed by atoms with Gasteiger partial charge in [0.2, 0.25) is 0 Å². The van der Waals surface area contributed by atoms with Crippen LogP contribution < -0.4 is 5.46 Å². The van der Waals surface area contributed by atoms with Crippen LogP contribution in [0.5, 0.6) is 0 Å². The number of aromatic nitrogens is 2. The maximum atomic E-state index is 4.53. The van der Waals surface area contributed by atoms with Gasteiger partial charge in [0.25, 0.3) is 0 Å². The van der Waals surface area contributed by atoms with Gasteiger partial charge in [0.15, 0.2) is 0 Å². The highest BCUT2D eigenvalue weighted by Gasteiger charge is 2.02. The molecule has 0 aliphatic rings. The zero-order valence-corrected chi connectivity index (χ0v) is 8.86. The van der Waals surface area contributed by atoms with Gasteiger partial charge in [-0.05, 0) is 18.4 Å². The molecule has 2 heterocycles. The smallest absolute Gasteiger partial charge is 0.144 e. The first-order valence-corrected chi connectivity index (χ1v) is 5.09. The van der Waals surface area contributed by atoms with E-state index in [0.717, 1.165) is 11.3 Å². The Hall–Kier alpha value is -1.77. The van der Waals surface area contributed by atoms with Gasteiger partial charge in [0.05, 0.1) is 5.69 Å². The quantitative estimate of drug-likeness (QED) is 0.489. The van der Waals surface area contributed by atoms with Crippen LogP contribution in [0.25, 0.3) is 16.4 Å².